The van der Waals surface area contributed by atoms with Gasteiger partial charge in [-0.05, 0) is 24.8 Å². The molecule has 1 amide bonds. The maximum Gasteiger partial charge on any atom is 0.263 e. The molecule has 1 fully saturated rings. The molecule has 17 heavy (non-hydrogen) atoms. The van der Waals surface area contributed by atoms with Crippen molar-refractivity contribution in [2.24, 2.45) is 5.73 Å². The molecule has 0 aromatic heterocycles. The second-order valence-corrected chi connectivity index (χ2v) is 4.26. The highest BCUT2D eigenvalue weighted by Crippen LogP contribution is 2.09. The minimum atomic E-state index is -0.465. The van der Waals surface area contributed by atoms with Gasteiger partial charge in [0, 0.05) is 0 Å². The third kappa shape index (κ3) is 3.28. The van der Waals surface area contributed by atoms with E-state index >= 15 is 0 Å². The molecular weight excluding hydrogens is 216 g/mol. The zero-order valence-electron chi connectivity index (χ0n) is 9.84. The summed E-state index contributed by atoms with van der Waals surface area (Å²) >= 11 is 0. The molecule has 0 radical (unpaired) electrons. The van der Waals surface area contributed by atoms with Crippen molar-refractivity contribution in [3.05, 3.63) is 35.9 Å². The Labute approximate surface area is 101 Å². The minimum Gasteiger partial charge on any atom is -0.320 e. The van der Waals surface area contributed by atoms with Crippen molar-refractivity contribution in [1.82, 2.24) is 5.06 Å². The molecular formula is C13H18N2O2. The van der Waals surface area contributed by atoms with Gasteiger partial charge < -0.3 is 5.73 Å². The minimum absolute atomic E-state index is 0.0987. The van der Waals surface area contributed by atoms with Crippen LogP contribution >= 0.6 is 0 Å². The molecule has 1 aromatic carbocycles. The molecule has 1 atom stereocenters. The maximum atomic E-state index is 11.8. The van der Waals surface area contributed by atoms with Crippen LogP contribution in [0.4, 0.5) is 0 Å². The Morgan fingerprint density at radius 3 is 2.82 bits per heavy atom. The van der Waals surface area contributed by atoms with Gasteiger partial charge in [-0.15, -0.1) is 0 Å². The third-order valence-electron chi connectivity index (χ3n) is 2.90. The zero-order chi connectivity index (χ0) is 12.1. The van der Waals surface area contributed by atoms with Crippen LogP contribution in [0.1, 0.15) is 18.4 Å². The number of nitrogens with zero attached hydrogens (tertiary/aromatic N) is 1. The van der Waals surface area contributed by atoms with Crippen molar-refractivity contribution in [2.45, 2.75) is 25.3 Å². The molecule has 4 heteroatoms. The fourth-order valence-electron chi connectivity index (χ4n) is 1.90. The molecule has 0 bridgehead atoms. The predicted octanol–water partition coefficient (Wildman–Crippen LogP) is 1.11. The molecule has 0 spiro atoms. The topological polar surface area (TPSA) is 55.6 Å². The van der Waals surface area contributed by atoms with Crippen LogP contribution in [-0.2, 0) is 16.1 Å². The van der Waals surface area contributed by atoms with Gasteiger partial charge in [0.25, 0.3) is 5.91 Å². The van der Waals surface area contributed by atoms with E-state index in [0.717, 1.165) is 12.8 Å². The SMILES string of the molecule is NC(CCc1ccccc1)C(=O)N1CCCO1. The summed E-state index contributed by atoms with van der Waals surface area (Å²) in [4.78, 5) is 17.0. The van der Waals surface area contributed by atoms with E-state index < -0.39 is 6.04 Å². The van der Waals surface area contributed by atoms with Gasteiger partial charge in [-0.25, -0.2) is 5.06 Å². The summed E-state index contributed by atoms with van der Waals surface area (Å²) in [7, 11) is 0. The molecule has 1 unspecified atom stereocenters. The first-order chi connectivity index (χ1) is 8.27. The van der Waals surface area contributed by atoms with Crippen LogP contribution < -0.4 is 5.73 Å². The number of aryl methyl sites for hydroxylation is 1. The number of hydrogen-bond acceptors (Lipinski definition) is 3. The van der Waals surface area contributed by atoms with Crippen molar-refractivity contribution in [1.29, 1.82) is 0 Å². The average Bonchev–Trinajstić information content (AvgIpc) is 2.90. The monoisotopic (exact) mass is 234 g/mol. The van der Waals surface area contributed by atoms with Crippen molar-refractivity contribution >= 4 is 5.91 Å². The van der Waals surface area contributed by atoms with Crippen LogP contribution in [0.5, 0.6) is 0 Å². The van der Waals surface area contributed by atoms with Crippen LogP contribution in [0.2, 0.25) is 0 Å². The highest BCUT2D eigenvalue weighted by atomic mass is 16.7. The highest BCUT2D eigenvalue weighted by molar-refractivity contribution is 5.80. The molecule has 2 rings (SSSR count). The summed E-state index contributed by atoms with van der Waals surface area (Å²) < 4.78 is 0. The molecule has 1 aliphatic rings. The number of hydroxylamine groups is 2. The van der Waals surface area contributed by atoms with Gasteiger partial charge in [0.2, 0.25) is 0 Å². The van der Waals surface area contributed by atoms with E-state index in [1.165, 1.54) is 10.6 Å². The normalized spacial score (nSPS) is 17.1. The summed E-state index contributed by atoms with van der Waals surface area (Å²) in [6.07, 6.45) is 2.38. The fourth-order valence-corrected chi connectivity index (χ4v) is 1.90. The first kappa shape index (κ1) is 12.1. The quantitative estimate of drug-likeness (QED) is 0.849. The van der Waals surface area contributed by atoms with Gasteiger partial charge in [0.15, 0.2) is 0 Å². The van der Waals surface area contributed by atoms with Crippen LogP contribution in [0.15, 0.2) is 30.3 Å². The molecule has 2 N–H and O–H groups in total. The van der Waals surface area contributed by atoms with E-state index in [2.05, 4.69) is 0 Å². The number of rotatable bonds is 4. The largest absolute Gasteiger partial charge is 0.320 e. The van der Waals surface area contributed by atoms with Crippen LogP contribution in [0.25, 0.3) is 0 Å². The third-order valence-corrected chi connectivity index (χ3v) is 2.90. The average molecular weight is 234 g/mol. The zero-order valence-corrected chi connectivity index (χ0v) is 9.84. The number of carbonyl (C=O) groups is 1. The first-order valence-corrected chi connectivity index (χ1v) is 6.01. The number of hydrogen-bond donors (Lipinski definition) is 1. The van der Waals surface area contributed by atoms with Gasteiger partial charge in [0.05, 0.1) is 19.2 Å². The van der Waals surface area contributed by atoms with Gasteiger partial charge in [-0.3, -0.25) is 9.63 Å². The molecule has 4 nitrogen and oxygen atoms in total. The molecule has 0 aliphatic carbocycles. The number of benzene rings is 1. The smallest absolute Gasteiger partial charge is 0.263 e. The predicted molar refractivity (Wildman–Crippen MR) is 65.0 cm³/mol. The van der Waals surface area contributed by atoms with E-state index in [-0.39, 0.29) is 5.91 Å². The first-order valence-electron chi connectivity index (χ1n) is 6.01. The number of amides is 1. The van der Waals surface area contributed by atoms with E-state index in [0.29, 0.717) is 19.6 Å². The lowest BCUT2D eigenvalue weighted by atomic mass is 10.1. The maximum absolute atomic E-state index is 11.8. The van der Waals surface area contributed by atoms with Gasteiger partial charge >= 0.3 is 0 Å². The lowest BCUT2D eigenvalue weighted by molar-refractivity contribution is -0.170. The van der Waals surface area contributed by atoms with E-state index in [4.69, 9.17) is 10.6 Å². The Bertz CT molecular complexity index is 361. The lowest BCUT2D eigenvalue weighted by Gasteiger charge is -2.18. The van der Waals surface area contributed by atoms with E-state index in [1.807, 2.05) is 30.3 Å². The summed E-state index contributed by atoms with van der Waals surface area (Å²) in [5, 5.41) is 1.40. The molecule has 1 heterocycles. The second-order valence-electron chi connectivity index (χ2n) is 4.26. The van der Waals surface area contributed by atoms with Crippen molar-refractivity contribution in [3.63, 3.8) is 0 Å². The second kappa shape index (κ2) is 5.80. The summed E-state index contributed by atoms with van der Waals surface area (Å²) in [6.45, 7) is 1.29. The highest BCUT2D eigenvalue weighted by Gasteiger charge is 2.24. The van der Waals surface area contributed by atoms with Crippen molar-refractivity contribution in [3.8, 4) is 0 Å². The van der Waals surface area contributed by atoms with Crippen LogP contribution in [0.3, 0.4) is 0 Å². The van der Waals surface area contributed by atoms with Crippen LogP contribution in [-0.4, -0.2) is 30.2 Å². The lowest BCUT2D eigenvalue weighted by Crippen LogP contribution is -2.42. The molecule has 92 valence electrons. The molecule has 0 saturated carbocycles. The summed E-state index contributed by atoms with van der Waals surface area (Å²) in [5.41, 5.74) is 7.08. The number of nitrogens with two attached hydrogens (primary N) is 1. The Kier molecular flexibility index (Phi) is 4.12. The number of carbonyl (C=O) groups excluding carboxylic acids is 1. The Morgan fingerprint density at radius 1 is 1.41 bits per heavy atom. The molecule has 1 saturated heterocycles. The van der Waals surface area contributed by atoms with Crippen LogP contribution in [0, 0.1) is 0 Å². The van der Waals surface area contributed by atoms with Gasteiger partial charge in [0.1, 0.15) is 0 Å². The molecule has 1 aliphatic heterocycles. The standard InChI is InChI=1S/C13H18N2O2/c14-12(13(16)15-9-4-10-17-15)8-7-11-5-2-1-3-6-11/h1-3,5-6,12H,4,7-10,14H2. The van der Waals surface area contributed by atoms with Crippen molar-refractivity contribution < 1.29 is 9.63 Å². The van der Waals surface area contributed by atoms with Crippen molar-refractivity contribution in [2.75, 3.05) is 13.2 Å². The fraction of sp³-hybridized carbons (Fsp3) is 0.462. The van der Waals surface area contributed by atoms with E-state index in [1.54, 1.807) is 0 Å². The Balaban J connectivity index is 1.80. The Morgan fingerprint density at radius 2 is 2.18 bits per heavy atom. The summed E-state index contributed by atoms with van der Waals surface area (Å²) in [6, 6.07) is 9.59. The Hall–Kier alpha value is -1.39. The molecule has 1 aromatic rings. The van der Waals surface area contributed by atoms with E-state index in [9.17, 15) is 4.79 Å². The van der Waals surface area contributed by atoms with Gasteiger partial charge in [-0.1, -0.05) is 30.3 Å². The van der Waals surface area contributed by atoms with Gasteiger partial charge in [-0.2, -0.15) is 0 Å². The summed E-state index contributed by atoms with van der Waals surface area (Å²) in [5.74, 6) is -0.0987.